The van der Waals surface area contributed by atoms with Gasteiger partial charge in [-0.3, -0.25) is 14.3 Å². The topological polar surface area (TPSA) is 69.9 Å². The number of hydrogen-bond acceptors (Lipinski definition) is 6. The van der Waals surface area contributed by atoms with E-state index in [-0.39, 0.29) is 11.5 Å². The van der Waals surface area contributed by atoms with E-state index in [0.717, 1.165) is 5.69 Å². The maximum absolute atomic E-state index is 12.8. The van der Waals surface area contributed by atoms with Crippen molar-refractivity contribution in [2.45, 2.75) is 5.16 Å². The molecule has 0 atom stereocenters. The maximum Gasteiger partial charge on any atom is 0.196 e. The number of methoxy groups -OCH3 is 1. The Hall–Kier alpha value is -3.45. The molecule has 2 aromatic heterocycles. The average Bonchev–Trinajstić information content (AvgIpc) is 3.22. The number of pyridine rings is 1. The van der Waals surface area contributed by atoms with Crippen LogP contribution in [0.3, 0.4) is 0 Å². The lowest BCUT2D eigenvalue weighted by atomic mass is 10.1. The molecule has 0 saturated heterocycles. The Bertz CT molecular complexity index is 1110. The lowest BCUT2D eigenvalue weighted by Crippen LogP contribution is -2.06. The summed E-state index contributed by atoms with van der Waals surface area (Å²) in [5.74, 6) is 1.38. The quantitative estimate of drug-likeness (QED) is 0.339. The molecular weight excluding hydrogens is 384 g/mol. The Morgan fingerprint density at radius 2 is 1.72 bits per heavy atom. The van der Waals surface area contributed by atoms with Gasteiger partial charge in [0.2, 0.25) is 0 Å². The normalized spacial score (nSPS) is 10.7. The van der Waals surface area contributed by atoms with Gasteiger partial charge in [0.25, 0.3) is 0 Å². The van der Waals surface area contributed by atoms with Crippen molar-refractivity contribution in [1.82, 2.24) is 19.7 Å². The van der Waals surface area contributed by atoms with Crippen LogP contribution < -0.4 is 4.74 Å². The van der Waals surface area contributed by atoms with Crippen LogP contribution in [0.4, 0.5) is 0 Å². The van der Waals surface area contributed by atoms with Gasteiger partial charge in [-0.25, -0.2) is 0 Å². The van der Waals surface area contributed by atoms with Gasteiger partial charge in [-0.15, -0.1) is 10.2 Å². The molecule has 2 aromatic carbocycles. The summed E-state index contributed by atoms with van der Waals surface area (Å²) in [6, 6.07) is 22.7. The number of rotatable bonds is 7. The van der Waals surface area contributed by atoms with Gasteiger partial charge in [0.05, 0.1) is 18.4 Å². The predicted molar refractivity (Wildman–Crippen MR) is 113 cm³/mol. The zero-order chi connectivity index (χ0) is 20.1. The number of carbonyl (C=O) groups excluding carboxylic acids is 1. The van der Waals surface area contributed by atoms with Gasteiger partial charge in [-0.1, -0.05) is 48.2 Å². The lowest BCUT2D eigenvalue weighted by Gasteiger charge is -2.10. The second-order valence-electron chi connectivity index (χ2n) is 6.10. The molecule has 0 N–H and O–H groups in total. The van der Waals surface area contributed by atoms with Gasteiger partial charge >= 0.3 is 0 Å². The molecule has 0 saturated carbocycles. The van der Waals surface area contributed by atoms with E-state index < -0.39 is 0 Å². The zero-order valence-corrected chi connectivity index (χ0v) is 16.5. The molecule has 2 heterocycles. The SMILES string of the molecule is COc1ccccc1C(=O)CSc1nnc(-c2ccccn2)n1-c1ccccc1. The second-order valence-corrected chi connectivity index (χ2v) is 7.05. The van der Waals surface area contributed by atoms with Gasteiger partial charge in [0.1, 0.15) is 11.4 Å². The number of nitrogens with zero attached hydrogens (tertiary/aromatic N) is 4. The molecule has 0 aliphatic rings. The Morgan fingerprint density at radius 1 is 0.966 bits per heavy atom. The number of carbonyl (C=O) groups is 1. The molecule has 6 nitrogen and oxygen atoms in total. The highest BCUT2D eigenvalue weighted by Gasteiger charge is 2.19. The van der Waals surface area contributed by atoms with Crippen molar-refractivity contribution in [2.24, 2.45) is 0 Å². The summed E-state index contributed by atoms with van der Waals surface area (Å²) in [5, 5.41) is 9.30. The standard InChI is InChI=1S/C22H18N4O2S/c1-28-20-13-6-5-11-17(20)19(27)15-29-22-25-24-21(18-12-7-8-14-23-18)26(22)16-9-3-2-4-10-16/h2-14H,15H2,1H3. The van der Waals surface area contributed by atoms with Crippen molar-refractivity contribution in [2.75, 3.05) is 12.9 Å². The predicted octanol–water partition coefficient (Wildman–Crippen LogP) is 4.31. The van der Waals surface area contributed by atoms with E-state index in [1.54, 1.807) is 25.4 Å². The van der Waals surface area contributed by atoms with Crippen LogP contribution in [0.25, 0.3) is 17.2 Å². The number of aromatic nitrogens is 4. The maximum atomic E-state index is 12.8. The molecule has 0 unspecified atom stereocenters. The summed E-state index contributed by atoms with van der Waals surface area (Å²) in [5.41, 5.74) is 2.18. The fourth-order valence-corrected chi connectivity index (χ4v) is 3.75. The number of benzene rings is 2. The summed E-state index contributed by atoms with van der Waals surface area (Å²) in [6.07, 6.45) is 1.72. The summed E-state index contributed by atoms with van der Waals surface area (Å²) in [7, 11) is 1.56. The van der Waals surface area contributed by atoms with Gasteiger partial charge in [-0.05, 0) is 36.4 Å². The summed E-state index contributed by atoms with van der Waals surface area (Å²) < 4.78 is 7.22. The Kier molecular flexibility index (Phi) is 5.67. The average molecular weight is 402 g/mol. The van der Waals surface area contributed by atoms with Crippen molar-refractivity contribution in [3.63, 3.8) is 0 Å². The molecule has 0 fully saturated rings. The fourth-order valence-electron chi connectivity index (χ4n) is 2.92. The van der Waals surface area contributed by atoms with Crippen LogP contribution in [-0.4, -0.2) is 38.4 Å². The molecule has 4 aromatic rings. The van der Waals surface area contributed by atoms with Crippen LogP contribution in [0.2, 0.25) is 0 Å². The molecule has 29 heavy (non-hydrogen) atoms. The Morgan fingerprint density at radius 3 is 2.48 bits per heavy atom. The van der Waals surface area contributed by atoms with E-state index >= 15 is 0 Å². The second kappa shape index (κ2) is 8.70. The van der Waals surface area contributed by atoms with Gasteiger partial charge < -0.3 is 4.74 Å². The highest BCUT2D eigenvalue weighted by atomic mass is 32.2. The first kappa shape index (κ1) is 18.9. The summed E-state index contributed by atoms with van der Waals surface area (Å²) in [4.78, 5) is 17.1. The first-order valence-corrected chi connectivity index (χ1v) is 9.97. The van der Waals surface area contributed by atoms with Crippen LogP contribution in [-0.2, 0) is 0 Å². The first-order chi connectivity index (χ1) is 14.3. The third kappa shape index (κ3) is 4.05. The number of ether oxygens (including phenoxy) is 1. The zero-order valence-electron chi connectivity index (χ0n) is 15.7. The Balaban J connectivity index is 1.66. The highest BCUT2D eigenvalue weighted by Crippen LogP contribution is 2.28. The monoisotopic (exact) mass is 402 g/mol. The Labute approximate surface area is 172 Å². The van der Waals surface area contributed by atoms with E-state index in [4.69, 9.17) is 4.74 Å². The highest BCUT2D eigenvalue weighted by molar-refractivity contribution is 7.99. The molecule has 0 bridgehead atoms. The number of hydrogen-bond donors (Lipinski definition) is 0. The van der Waals surface area contributed by atoms with E-state index in [0.29, 0.717) is 28.0 Å². The van der Waals surface area contributed by atoms with Crippen LogP contribution in [0, 0.1) is 0 Å². The number of thioether (sulfide) groups is 1. The minimum Gasteiger partial charge on any atom is -0.496 e. The van der Waals surface area contributed by atoms with Gasteiger partial charge in [-0.2, -0.15) is 0 Å². The van der Waals surface area contributed by atoms with E-state index in [1.165, 1.54) is 11.8 Å². The molecule has 0 radical (unpaired) electrons. The third-order valence-electron chi connectivity index (χ3n) is 4.28. The van der Waals surface area contributed by atoms with Crippen LogP contribution in [0.5, 0.6) is 5.75 Å². The number of para-hydroxylation sites is 2. The molecule has 7 heteroatoms. The minimum absolute atomic E-state index is 0.0329. The summed E-state index contributed by atoms with van der Waals surface area (Å²) in [6.45, 7) is 0. The van der Waals surface area contributed by atoms with Crippen molar-refractivity contribution >= 4 is 17.5 Å². The minimum atomic E-state index is -0.0329. The molecule has 0 aliphatic carbocycles. The summed E-state index contributed by atoms with van der Waals surface area (Å²) >= 11 is 1.34. The molecule has 0 aliphatic heterocycles. The van der Waals surface area contributed by atoms with Gasteiger partial charge in [0.15, 0.2) is 16.8 Å². The van der Waals surface area contributed by atoms with E-state index in [2.05, 4.69) is 15.2 Å². The van der Waals surface area contributed by atoms with Crippen LogP contribution >= 0.6 is 11.8 Å². The van der Waals surface area contributed by atoms with E-state index in [9.17, 15) is 4.79 Å². The van der Waals surface area contributed by atoms with Gasteiger partial charge in [0, 0.05) is 11.9 Å². The first-order valence-electron chi connectivity index (χ1n) is 8.99. The van der Waals surface area contributed by atoms with Crippen molar-refractivity contribution < 1.29 is 9.53 Å². The molecule has 4 rings (SSSR count). The molecule has 0 amide bonds. The van der Waals surface area contributed by atoms with Crippen molar-refractivity contribution in [1.29, 1.82) is 0 Å². The smallest absolute Gasteiger partial charge is 0.196 e. The number of ketones is 1. The molecule has 0 spiro atoms. The molecular formula is C22H18N4O2S. The molecule has 144 valence electrons. The fraction of sp³-hybridized carbons (Fsp3) is 0.0909. The number of Topliss-reactive ketones (excluding diaryl/α,β-unsaturated/α-hetero) is 1. The van der Waals surface area contributed by atoms with Crippen molar-refractivity contribution in [3.8, 4) is 23.0 Å². The largest absolute Gasteiger partial charge is 0.496 e. The van der Waals surface area contributed by atoms with Crippen LogP contribution in [0.15, 0.2) is 84.1 Å². The lowest BCUT2D eigenvalue weighted by molar-refractivity contribution is 0.101. The third-order valence-corrected chi connectivity index (χ3v) is 5.21. The van der Waals surface area contributed by atoms with E-state index in [1.807, 2.05) is 65.2 Å². The van der Waals surface area contributed by atoms with Crippen LogP contribution in [0.1, 0.15) is 10.4 Å². The van der Waals surface area contributed by atoms with Crippen molar-refractivity contribution in [3.05, 3.63) is 84.6 Å².